The Morgan fingerprint density at radius 3 is 1.84 bits per heavy atom. The maximum atomic E-state index is 12.5. The molecule has 2 nitrogen and oxygen atoms in total. The van der Waals surface area contributed by atoms with Crippen molar-refractivity contribution >= 4 is 7.14 Å². The molecule has 1 heterocycles. The smallest absolute Gasteiger partial charge is 0.0899 e. The van der Waals surface area contributed by atoms with Crippen molar-refractivity contribution in [2.24, 2.45) is 0 Å². The molecule has 0 aliphatic carbocycles. The Kier molecular flexibility index (Phi) is 7.11. The lowest BCUT2D eigenvalue weighted by Crippen LogP contribution is -2.51. The standard InChI is InChI=1S/C16H34NOP/c1-5-8-10-16(4,11-9-6-2)17-12-14-19(18,7-3)15-13-17/h5-15H2,1-4H3. The molecule has 1 rings (SSSR count). The van der Waals surface area contributed by atoms with Crippen LogP contribution in [0.3, 0.4) is 0 Å². The minimum absolute atomic E-state index is 0.352. The molecule has 0 N–H and O–H groups in total. The van der Waals surface area contributed by atoms with Gasteiger partial charge in [-0.2, -0.15) is 0 Å². The molecule has 114 valence electrons. The summed E-state index contributed by atoms with van der Waals surface area (Å²) in [6.07, 6.45) is 10.6. The highest BCUT2D eigenvalue weighted by atomic mass is 31.2. The molecule has 0 aromatic heterocycles. The van der Waals surface area contributed by atoms with Crippen molar-refractivity contribution in [1.29, 1.82) is 0 Å². The number of hydrogen-bond acceptors (Lipinski definition) is 2. The summed E-state index contributed by atoms with van der Waals surface area (Å²) in [5.41, 5.74) is 0.352. The van der Waals surface area contributed by atoms with Crippen LogP contribution in [-0.4, -0.2) is 42.0 Å². The van der Waals surface area contributed by atoms with Crippen LogP contribution in [0.4, 0.5) is 0 Å². The summed E-state index contributed by atoms with van der Waals surface area (Å²) in [6, 6.07) is 0. The van der Waals surface area contributed by atoms with Gasteiger partial charge in [-0.15, -0.1) is 0 Å². The minimum Gasteiger partial charge on any atom is -0.323 e. The lowest BCUT2D eigenvalue weighted by molar-refractivity contribution is 0.0900. The number of rotatable bonds is 8. The van der Waals surface area contributed by atoms with Gasteiger partial charge in [0.25, 0.3) is 0 Å². The first-order valence-corrected chi connectivity index (χ1v) is 10.6. The molecule has 0 atom stereocenters. The molecule has 0 saturated carbocycles. The second-order valence-electron chi connectivity index (χ2n) is 6.51. The fraction of sp³-hybridized carbons (Fsp3) is 1.00. The van der Waals surface area contributed by atoms with Crippen LogP contribution in [0.1, 0.15) is 66.2 Å². The summed E-state index contributed by atoms with van der Waals surface area (Å²) in [6.45, 7) is 11.2. The third-order valence-electron chi connectivity index (χ3n) is 5.03. The second kappa shape index (κ2) is 7.84. The van der Waals surface area contributed by atoms with Crippen LogP contribution in [-0.2, 0) is 4.57 Å². The summed E-state index contributed by atoms with van der Waals surface area (Å²) in [7, 11) is -1.79. The Morgan fingerprint density at radius 2 is 1.47 bits per heavy atom. The molecule has 0 bridgehead atoms. The molecule has 0 amide bonds. The van der Waals surface area contributed by atoms with E-state index in [2.05, 4.69) is 32.6 Å². The van der Waals surface area contributed by atoms with Gasteiger partial charge in [0.2, 0.25) is 0 Å². The van der Waals surface area contributed by atoms with Crippen molar-refractivity contribution < 1.29 is 4.57 Å². The number of hydrogen-bond donors (Lipinski definition) is 0. The van der Waals surface area contributed by atoms with Crippen LogP contribution in [0.2, 0.25) is 0 Å². The van der Waals surface area contributed by atoms with E-state index in [9.17, 15) is 4.57 Å². The molecule has 0 radical (unpaired) electrons. The quantitative estimate of drug-likeness (QED) is 0.596. The average Bonchev–Trinajstić information content (AvgIpc) is 2.43. The van der Waals surface area contributed by atoms with E-state index >= 15 is 0 Å². The highest BCUT2D eigenvalue weighted by Gasteiger charge is 2.36. The molecular formula is C16H34NOP. The zero-order chi connectivity index (χ0) is 14.4. The molecule has 19 heavy (non-hydrogen) atoms. The summed E-state index contributed by atoms with van der Waals surface area (Å²) in [5.74, 6) is 0. The van der Waals surface area contributed by atoms with Crippen molar-refractivity contribution in [3.05, 3.63) is 0 Å². The van der Waals surface area contributed by atoms with Crippen LogP contribution in [0.25, 0.3) is 0 Å². The summed E-state index contributed by atoms with van der Waals surface area (Å²) in [5, 5.41) is 0. The summed E-state index contributed by atoms with van der Waals surface area (Å²) < 4.78 is 12.5. The van der Waals surface area contributed by atoms with Gasteiger partial charge in [-0.3, -0.25) is 4.90 Å². The molecule has 0 unspecified atom stereocenters. The zero-order valence-corrected chi connectivity index (χ0v) is 14.5. The van der Waals surface area contributed by atoms with E-state index in [-0.39, 0.29) is 0 Å². The Labute approximate surface area is 120 Å². The zero-order valence-electron chi connectivity index (χ0n) is 13.6. The van der Waals surface area contributed by atoms with Gasteiger partial charge in [-0.05, 0) is 25.9 Å². The van der Waals surface area contributed by atoms with E-state index in [1.54, 1.807) is 0 Å². The molecule has 1 aliphatic rings. The molecular weight excluding hydrogens is 253 g/mol. The van der Waals surface area contributed by atoms with Gasteiger partial charge in [-0.25, -0.2) is 0 Å². The largest absolute Gasteiger partial charge is 0.323 e. The van der Waals surface area contributed by atoms with E-state index in [1.165, 1.54) is 38.5 Å². The first-order chi connectivity index (χ1) is 8.99. The van der Waals surface area contributed by atoms with Crippen LogP contribution in [0.5, 0.6) is 0 Å². The van der Waals surface area contributed by atoms with E-state index in [4.69, 9.17) is 0 Å². The van der Waals surface area contributed by atoms with E-state index < -0.39 is 7.14 Å². The number of nitrogens with zero attached hydrogens (tertiary/aromatic N) is 1. The first-order valence-electron chi connectivity index (χ1n) is 8.32. The van der Waals surface area contributed by atoms with Gasteiger partial charge in [-0.1, -0.05) is 46.5 Å². The maximum absolute atomic E-state index is 12.5. The topological polar surface area (TPSA) is 20.3 Å². The van der Waals surface area contributed by atoms with Gasteiger partial charge in [0.1, 0.15) is 0 Å². The molecule has 1 fully saturated rings. The fourth-order valence-electron chi connectivity index (χ4n) is 3.24. The molecule has 1 saturated heterocycles. The Morgan fingerprint density at radius 1 is 1.00 bits per heavy atom. The predicted molar refractivity (Wildman–Crippen MR) is 86.9 cm³/mol. The highest BCUT2D eigenvalue weighted by molar-refractivity contribution is 7.64. The molecule has 1 aliphatic heterocycles. The fourth-order valence-corrected chi connectivity index (χ4v) is 5.31. The van der Waals surface area contributed by atoms with Gasteiger partial charge in [0.15, 0.2) is 0 Å². The molecule has 3 heteroatoms. The highest BCUT2D eigenvalue weighted by Crippen LogP contribution is 2.48. The third-order valence-corrected chi connectivity index (χ3v) is 8.22. The second-order valence-corrected chi connectivity index (χ2v) is 10.2. The molecule has 0 aromatic rings. The van der Waals surface area contributed by atoms with E-state index in [0.29, 0.717) is 5.54 Å². The van der Waals surface area contributed by atoms with Crippen LogP contribution < -0.4 is 0 Å². The Hall–Kier alpha value is 0.190. The van der Waals surface area contributed by atoms with Gasteiger partial charge in [0, 0.05) is 31.0 Å². The summed E-state index contributed by atoms with van der Waals surface area (Å²) in [4.78, 5) is 2.66. The normalized spacial score (nSPS) is 20.6. The van der Waals surface area contributed by atoms with Crippen LogP contribution in [0.15, 0.2) is 0 Å². The minimum atomic E-state index is -1.79. The van der Waals surface area contributed by atoms with Crippen LogP contribution in [0, 0.1) is 0 Å². The van der Waals surface area contributed by atoms with Crippen LogP contribution >= 0.6 is 7.14 Å². The van der Waals surface area contributed by atoms with Crippen molar-refractivity contribution in [3.8, 4) is 0 Å². The molecule has 0 aromatic carbocycles. The van der Waals surface area contributed by atoms with Crippen molar-refractivity contribution in [2.75, 3.05) is 31.6 Å². The van der Waals surface area contributed by atoms with Gasteiger partial charge >= 0.3 is 0 Å². The first kappa shape index (κ1) is 17.2. The maximum Gasteiger partial charge on any atom is 0.0899 e. The summed E-state index contributed by atoms with van der Waals surface area (Å²) >= 11 is 0. The lowest BCUT2D eigenvalue weighted by atomic mass is 9.87. The van der Waals surface area contributed by atoms with Crippen molar-refractivity contribution in [2.45, 2.75) is 71.8 Å². The van der Waals surface area contributed by atoms with E-state index in [1.807, 2.05) is 0 Å². The van der Waals surface area contributed by atoms with E-state index in [0.717, 1.165) is 31.6 Å². The SMILES string of the molecule is CCCCC(C)(CCCC)N1CCP(=O)(CC)CC1. The average molecular weight is 287 g/mol. The predicted octanol–water partition coefficient (Wildman–Crippen LogP) is 4.82. The van der Waals surface area contributed by atoms with Crippen molar-refractivity contribution in [3.63, 3.8) is 0 Å². The molecule has 0 spiro atoms. The van der Waals surface area contributed by atoms with Gasteiger partial charge in [0.05, 0.1) is 7.14 Å². The Balaban J connectivity index is 2.63. The van der Waals surface area contributed by atoms with Crippen molar-refractivity contribution in [1.82, 2.24) is 4.90 Å². The monoisotopic (exact) mass is 287 g/mol. The third kappa shape index (κ3) is 4.90. The Bertz CT molecular complexity index is 283. The van der Waals surface area contributed by atoms with Gasteiger partial charge < -0.3 is 4.57 Å². The lowest BCUT2D eigenvalue weighted by Gasteiger charge is -2.45. The number of unbranched alkanes of at least 4 members (excludes halogenated alkanes) is 2.